The van der Waals surface area contributed by atoms with Gasteiger partial charge in [-0.1, -0.05) is 70.6 Å². The molecule has 0 heterocycles. The molecule has 12 aliphatic rings. The number of hydrogen-bond donors (Lipinski definition) is 0. The number of fused-ring (bicyclic) bond motifs is 3. The molecule has 0 amide bonds. The van der Waals surface area contributed by atoms with Gasteiger partial charge in [0.25, 0.3) is 0 Å². The minimum absolute atomic E-state index is 1.11. The lowest BCUT2D eigenvalue weighted by Gasteiger charge is -2.62. The van der Waals surface area contributed by atoms with Crippen molar-refractivity contribution in [3.63, 3.8) is 0 Å². The molecule has 0 heteroatoms. The second kappa shape index (κ2) is 13.8. The predicted molar refractivity (Wildman–Crippen MR) is 215 cm³/mol. The van der Waals surface area contributed by atoms with Crippen molar-refractivity contribution in [2.45, 2.75) is 193 Å². The third kappa shape index (κ3) is 5.48. The van der Waals surface area contributed by atoms with E-state index in [2.05, 4.69) is 0 Å². The third-order valence-electron chi connectivity index (χ3n) is 23.0. The van der Waals surface area contributed by atoms with E-state index in [0.717, 1.165) is 107 Å². The van der Waals surface area contributed by atoms with Gasteiger partial charge in [-0.15, -0.1) is 0 Å². The zero-order chi connectivity index (χ0) is 33.9. The Morgan fingerprint density at radius 2 is 0.481 bits per heavy atom. The zero-order valence-corrected chi connectivity index (χ0v) is 33.9. The van der Waals surface area contributed by atoms with Crippen molar-refractivity contribution in [1.29, 1.82) is 0 Å². The van der Waals surface area contributed by atoms with E-state index in [9.17, 15) is 0 Å². The third-order valence-corrected chi connectivity index (χ3v) is 23.0. The van der Waals surface area contributed by atoms with Gasteiger partial charge in [0, 0.05) is 0 Å². The van der Waals surface area contributed by atoms with Crippen LogP contribution in [0.15, 0.2) is 0 Å². The first-order valence-electron chi connectivity index (χ1n) is 25.8. The Balaban J connectivity index is 0.875. The van der Waals surface area contributed by atoms with Crippen LogP contribution >= 0.6 is 0 Å². The number of hydrogen-bond acceptors (Lipinski definition) is 0. The molecule has 12 fully saturated rings. The van der Waals surface area contributed by atoms with Crippen molar-refractivity contribution in [2.24, 2.45) is 130 Å². The molecule has 290 valence electrons. The normalized spacial score (nSPS) is 59.5. The predicted octanol–water partition coefficient (Wildman–Crippen LogP) is 14.4. The molecule has 0 N–H and O–H groups in total. The Labute approximate surface area is 321 Å². The van der Waals surface area contributed by atoms with Crippen LogP contribution in [0.1, 0.15) is 193 Å². The summed E-state index contributed by atoms with van der Waals surface area (Å²) < 4.78 is 0. The molecule has 12 aliphatic carbocycles. The fourth-order valence-electron chi connectivity index (χ4n) is 21.8. The molecule has 0 bridgehead atoms. The van der Waals surface area contributed by atoms with Crippen LogP contribution in [-0.4, -0.2) is 0 Å². The van der Waals surface area contributed by atoms with Crippen LogP contribution in [0.2, 0.25) is 0 Å². The van der Waals surface area contributed by atoms with Gasteiger partial charge in [0.1, 0.15) is 0 Å². The molecule has 12 saturated carbocycles. The van der Waals surface area contributed by atoms with Gasteiger partial charge in [0.15, 0.2) is 0 Å². The van der Waals surface area contributed by atoms with Crippen LogP contribution in [0.3, 0.4) is 0 Å². The first-order chi connectivity index (χ1) is 25.8. The summed E-state index contributed by atoms with van der Waals surface area (Å²) in [6.45, 7) is 0. The average molecular weight is 707 g/mol. The Kier molecular flexibility index (Phi) is 9.07. The van der Waals surface area contributed by atoms with Crippen LogP contribution in [-0.2, 0) is 0 Å². The van der Waals surface area contributed by atoms with Gasteiger partial charge in [0.05, 0.1) is 0 Å². The van der Waals surface area contributed by atoms with E-state index in [-0.39, 0.29) is 0 Å². The van der Waals surface area contributed by atoms with Gasteiger partial charge in [-0.2, -0.15) is 0 Å². The van der Waals surface area contributed by atoms with E-state index >= 15 is 0 Å². The molecule has 0 radical (unpaired) electrons. The molecule has 52 heavy (non-hydrogen) atoms. The lowest BCUT2D eigenvalue weighted by atomic mass is 9.43. The highest BCUT2D eigenvalue weighted by atomic mass is 14.6. The summed E-state index contributed by atoms with van der Waals surface area (Å²) in [5, 5.41) is 0. The maximum absolute atomic E-state index is 1.72. The zero-order valence-electron chi connectivity index (χ0n) is 33.9. The SMILES string of the molecule is C1CCC2C(C1)CC(C1CC(C3CCC4CCC5CCCC6CCC3C4C56)CC(C3CCC4CCC5CCCC6CCC3C4C56)C1)C1CCCCC21. The van der Waals surface area contributed by atoms with Crippen molar-refractivity contribution in [3.8, 4) is 0 Å². The first kappa shape index (κ1) is 34.1. The largest absolute Gasteiger partial charge is 0.0530 e. The second-order valence-electron chi connectivity index (χ2n) is 24.1. The molecular formula is C52H82. The van der Waals surface area contributed by atoms with E-state index in [1.54, 1.807) is 193 Å². The van der Waals surface area contributed by atoms with Crippen LogP contribution in [0.4, 0.5) is 0 Å². The molecule has 0 aromatic rings. The summed E-state index contributed by atoms with van der Waals surface area (Å²) >= 11 is 0. The van der Waals surface area contributed by atoms with Gasteiger partial charge >= 0.3 is 0 Å². The number of rotatable bonds is 3. The van der Waals surface area contributed by atoms with Crippen molar-refractivity contribution in [3.05, 3.63) is 0 Å². The summed E-state index contributed by atoms with van der Waals surface area (Å²) in [6, 6.07) is 0. The highest BCUT2D eigenvalue weighted by Gasteiger charge is 2.59. The van der Waals surface area contributed by atoms with Gasteiger partial charge in [0.2, 0.25) is 0 Å². The molecule has 21 unspecified atom stereocenters. The molecule has 0 nitrogen and oxygen atoms in total. The fraction of sp³-hybridized carbons (Fsp3) is 1.00. The van der Waals surface area contributed by atoms with Crippen molar-refractivity contribution < 1.29 is 0 Å². The highest BCUT2D eigenvalue weighted by molar-refractivity contribution is 5.08. The van der Waals surface area contributed by atoms with Crippen LogP contribution in [0.25, 0.3) is 0 Å². The molecule has 0 saturated heterocycles. The second-order valence-corrected chi connectivity index (χ2v) is 24.1. The van der Waals surface area contributed by atoms with Crippen molar-refractivity contribution >= 4 is 0 Å². The maximum atomic E-state index is 1.72. The molecule has 0 spiro atoms. The lowest BCUT2D eigenvalue weighted by Crippen LogP contribution is -2.55. The summed E-state index contributed by atoms with van der Waals surface area (Å²) in [6.07, 6.45) is 49.2. The molecule has 0 aliphatic heterocycles. The molecule has 21 atom stereocenters. The summed E-state index contributed by atoms with van der Waals surface area (Å²) in [7, 11) is 0. The van der Waals surface area contributed by atoms with E-state index in [1.807, 2.05) is 0 Å². The topological polar surface area (TPSA) is 0 Å². The fourth-order valence-corrected chi connectivity index (χ4v) is 21.8. The monoisotopic (exact) mass is 707 g/mol. The Hall–Kier alpha value is 0. The standard InChI is InChI=1S/C52H82/c1-2-12-41-37(7-1)30-48(45-14-4-3-13-44(41)45)40-28-38(42-23-19-35-17-15-31-8-5-10-33-21-25-46(42)51(35)49(31)33)27-39(29-40)43-24-20-36-18-16-32-9-6-11-34-22-26-47(43)52(36)50(32)34/h31-52H,1-30H2. The molecule has 12 rings (SSSR count). The van der Waals surface area contributed by atoms with E-state index in [1.165, 1.54) is 23.7 Å². The van der Waals surface area contributed by atoms with Crippen LogP contribution < -0.4 is 0 Å². The van der Waals surface area contributed by atoms with E-state index in [4.69, 9.17) is 0 Å². The smallest absolute Gasteiger partial charge is 0.0321 e. The van der Waals surface area contributed by atoms with E-state index < -0.39 is 0 Å². The van der Waals surface area contributed by atoms with Gasteiger partial charge in [-0.05, 0) is 252 Å². The quantitative estimate of drug-likeness (QED) is 0.274. The summed E-state index contributed by atoms with van der Waals surface area (Å²) in [5.41, 5.74) is 0. The summed E-state index contributed by atoms with van der Waals surface area (Å²) in [5.74, 6) is 25.1. The Morgan fingerprint density at radius 1 is 0.154 bits per heavy atom. The molecule has 0 aromatic heterocycles. The maximum Gasteiger partial charge on any atom is -0.0321 e. The van der Waals surface area contributed by atoms with Crippen molar-refractivity contribution in [1.82, 2.24) is 0 Å². The van der Waals surface area contributed by atoms with Crippen molar-refractivity contribution in [2.75, 3.05) is 0 Å². The van der Waals surface area contributed by atoms with Gasteiger partial charge < -0.3 is 0 Å². The minimum atomic E-state index is 1.11. The molecular weight excluding hydrogens is 625 g/mol. The van der Waals surface area contributed by atoms with Gasteiger partial charge in [-0.25, -0.2) is 0 Å². The van der Waals surface area contributed by atoms with Gasteiger partial charge in [-0.3, -0.25) is 0 Å². The summed E-state index contributed by atoms with van der Waals surface area (Å²) in [4.78, 5) is 0. The molecule has 0 aromatic carbocycles. The minimum Gasteiger partial charge on any atom is -0.0530 e. The van der Waals surface area contributed by atoms with E-state index in [0.29, 0.717) is 0 Å². The Bertz CT molecular complexity index is 1180. The average Bonchev–Trinajstić information content (AvgIpc) is 3.21. The lowest BCUT2D eigenvalue weighted by molar-refractivity contribution is -0.132. The van der Waals surface area contributed by atoms with Crippen LogP contribution in [0, 0.1) is 130 Å². The Morgan fingerprint density at radius 3 is 0.981 bits per heavy atom. The highest BCUT2D eigenvalue weighted by Crippen LogP contribution is 2.67. The van der Waals surface area contributed by atoms with Crippen LogP contribution in [0.5, 0.6) is 0 Å². The first-order valence-corrected chi connectivity index (χ1v) is 25.8.